The molecule has 3 N–H and O–H groups in total. The number of carbonyl (C=O) groups is 4. The van der Waals surface area contributed by atoms with Crippen LogP contribution in [0.15, 0.2) is 36.5 Å². The van der Waals surface area contributed by atoms with Gasteiger partial charge in [0.05, 0.1) is 6.54 Å². The fraction of sp³-hybridized carbons (Fsp3) is 0.606. The molecule has 1 saturated heterocycles. The van der Waals surface area contributed by atoms with Crippen molar-refractivity contribution in [1.29, 1.82) is 0 Å². The Hall–Kier alpha value is -3.89. The Morgan fingerprint density at radius 1 is 1.09 bits per heavy atom. The maximum Gasteiger partial charge on any atom is 0.408 e. The number of likely N-dealkylation sites (N-methyl/N-ethyl adjacent to an activating group) is 1. The lowest BCUT2D eigenvalue weighted by Gasteiger charge is -2.35. The van der Waals surface area contributed by atoms with Crippen LogP contribution in [0.1, 0.15) is 72.6 Å². The molecule has 3 fully saturated rings. The van der Waals surface area contributed by atoms with E-state index in [4.69, 9.17) is 9.47 Å². The van der Waals surface area contributed by atoms with Gasteiger partial charge in [-0.1, -0.05) is 52.3 Å². The second-order valence-corrected chi connectivity index (χ2v) is 13.4. The van der Waals surface area contributed by atoms with Crippen LogP contribution < -0.4 is 20.7 Å². The third-order valence-electron chi connectivity index (χ3n) is 9.29. The number of fused-ring (bicyclic) bond motifs is 1. The van der Waals surface area contributed by atoms with E-state index in [2.05, 4.69) is 20.9 Å². The number of hydrogen-bond acceptors (Lipinski definition) is 7. The Morgan fingerprint density at radius 3 is 2.48 bits per heavy atom. The molecule has 2 aromatic rings. The van der Waals surface area contributed by atoms with E-state index in [1.807, 2.05) is 58.0 Å². The Kier molecular flexibility index (Phi) is 9.04. The predicted octanol–water partition coefficient (Wildman–Crippen LogP) is 3.70. The minimum atomic E-state index is -1.00. The largest absolute Gasteiger partial charge is 0.472 e. The molecule has 5 atom stereocenters. The first-order chi connectivity index (χ1) is 21.0. The average Bonchev–Trinajstić information content (AvgIpc) is 3.28. The number of nitrogens with zero attached hydrogens (tertiary/aromatic N) is 2. The van der Waals surface area contributed by atoms with Gasteiger partial charge in [-0.15, -0.1) is 0 Å². The molecule has 0 spiro atoms. The standard InChI is InChI=1S/C33H45N5O6/c1-6-21-18-33(21,30(41)34-5)37-27(39)25-17-23(43-28-24-14-10-7-11-20(24)15-16-35-28)19-38(25)29(40)26(32(2,3)4)36-31(42)44-22-12-8-9-13-22/h7,10-11,14-16,21-23,25-26H,6,8-9,12-13,17-19H2,1-5H3,(H,34,41)(H,36,42)(H,37,39)/t21-,23-,25+,26-,33-/m1/s1. The molecule has 1 aliphatic heterocycles. The molecule has 11 nitrogen and oxygen atoms in total. The molecule has 2 aliphatic carbocycles. The first kappa shape index (κ1) is 31.5. The summed E-state index contributed by atoms with van der Waals surface area (Å²) < 4.78 is 12.0. The summed E-state index contributed by atoms with van der Waals surface area (Å²) in [5.41, 5.74) is -1.69. The van der Waals surface area contributed by atoms with E-state index in [1.165, 1.54) is 4.90 Å². The molecule has 4 amide bonds. The van der Waals surface area contributed by atoms with Crippen molar-refractivity contribution in [3.8, 4) is 5.88 Å². The van der Waals surface area contributed by atoms with Gasteiger partial charge in [0.2, 0.25) is 23.6 Å². The van der Waals surface area contributed by atoms with Crippen molar-refractivity contribution in [3.63, 3.8) is 0 Å². The van der Waals surface area contributed by atoms with Gasteiger partial charge in [-0.2, -0.15) is 0 Å². The van der Waals surface area contributed by atoms with Gasteiger partial charge >= 0.3 is 6.09 Å². The monoisotopic (exact) mass is 607 g/mol. The fourth-order valence-electron chi connectivity index (χ4n) is 6.68. The number of pyridine rings is 1. The van der Waals surface area contributed by atoms with Crippen molar-refractivity contribution in [3.05, 3.63) is 36.5 Å². The van der Waals surface area contributed by atoms with E-state index in [0.717, 1.165) is 42.9 Å². The summed E-state index contributed by atoms with van der Waals surface area (Å²) in [4.78, 5) is 60.0. The lowest BCUT2D eigenvalue weighted by atomic mass is 9.85. The minimum Gasteiger partial charge on any atom is -0.472 e. The van der Waals surface area contributed by atoms with Crippen LogP contribution in [0.2, 0.25) is 0 Å². The van der Waals surface area contributed by atoms with E-state index < -0.39 is 47.0 Å². The lowest BCUT2D eigenvalue weighted by molar-refractivity contribution is -0.143. The average molecular weight is 608 g/mol. The van der Waals surface area contributed by atoms with Gasteiger partial charge in [0.15, 0.2) is 0 Å². The fourth-order valence-corrected chi connectivity index (χ4v) is 6.68. The Morgan fingerprint density at radius 2 is 1.82 bits per heavy atom. The molecular weight excluding hydrogens is 562 g/mol. The maximum atomic E-state index is 14.3. The zero-order valence-corrected chi connectivity index (χ0v) is 26.4. The summed E-state index contributed by atoms with van der Waals surface area (Å²) in [7, 11) is 1.55. The number of carbonyl (C=O) groups excluding carboxylic acids is 4. The highest BCUT2D eigenvalue weighted by Gasteiger charge is 2.60. The molecule has 11 heteroatoms. The first-order valence-corrected chi connectivity index (χ1v) is 15.8. The van der Waals surface area contributed by atoms with E-state index in [1.54, 1.807) is 13.2 Å². The second kappa shape index (κ2) is 12.6. The summed E-state index contributed by atoms with van der Waals surface area (Å²) in [5, 5.41) is 10.3. The Labute approximate surface area is 258 Å². The topological polar surface area (TPSA) is 139 Å². The summed E-state index contributed by atoms with van der Waals surface area (Å²) in [6.45, 7) is 7.68. The quantitative estimate of drug-likeness (QED) is 0.395. The number of likely N-dealkylation sites (tertiary alicyclic amines) is 1. The summed E-state index contributed by atoms with van der Waals surface area (Å²) in [5.74, 6) is -0.642. The van der Waals surface area contributed by atoms with Crippen molar-refractivity contribution in [2.24, 2.45) is 11.3 Å². The number of amides is 4. The van der Waals surface area contributed by atoms with Gasteiger partial charge in [-0.05, 0) is 61.0 Å². The highest BCUT2D eigenvalue weighted by atomic mass is 16.6. The Bertz CT molecular complexity index is 1400. The maximum absolute atomic E-state index is 14.3. The number of benzene rings is 1. The number of aromatic nitrogens is 1. The van der Waals surface area contributed by atoms with Crippen LogP contribution in [-0.2, 0) is 19.1 Å². The van der Waals surface area contributed by atoms with Crippen LogP contribution in [0.25, 0.3) is 10.8 Å². The third-order valence-corrected chi connectivity index (χ3v) is 9.29. The summed E-state index contributed by atoms with van der Waals surface area (Å²) in [6.07, 6.45) is 5.43. The third kappa shape index (κ3) is 6.46. The molecule has 0 radical (unpaired) electrons. The molecule has 1 aromatic heterocycles. The van der Waals surface area contributed by atoms with E-state index in [-0.39, 0.29) is 30.9 Å². The van der Waals surface area contributed by atoms with Crippen molar-refractivity contribution in [2.75, 3.05) is 13.6 Å². The van der Waals surface area contributed by atoms with Gasteiger partial charge in [-0.3, -0.25) is 14.4 Å². The first-order valence-electron chi connectivity index (χ1n) is 15.8. The molecule has 0 bridgehead atoms. The molecule has 238 valence electrons. The SMILES string of the molecule is CC[C@@H]1C[C@]1(NC(=O)[C@@H]1C[C@@H](Oc2nccc3ccccc23)CN1C(=O)[C@@H](NC(=O)OC1CCCC1)C(C)(C)C)C(=O)NC. The van der Waals surface area contributed by atoms with Crippen LogP contribution in [0.3, 0.4) is 0 Å². The molecule has 0 unspecified atom stereocenters. The number of ether oxygens (including phenoxy) is 2. The van der Waals surface area contributed by atoms with E-state index in [0.29, 0.717) is 12.3 Å². The van der Waals surface area contributed by atoms with Crippen LogP contribution in [-0.4, -0.2) is 77.1 Å². The van der Waals surface area contributed by atoms with Gasteiger partial charge in [0, 0.05) is 25.1 Å². The number of nitrogens with one attached hydrogen (secondary N) is 3. The lowest BCUT2D eigenvalue weighted by Crippen LogP contribution is -2.60. The van der Waals surface area contributed by atoms with Gasteiger partial charge < -0.3 is 30.3 Å². The molecule has 3 aliphatic rings. The van der Waals surface area contributed by atoms with Crippen LogP contribution in [0.5, 0.6) is 5.88 Å². The van der Waals surface area contributed by atoms with Crippen molar-refractivity contribution < 1.29 is 28.7 Å². The van der Waals surface area contributed by atoms with Crippen molar-refractivity contribution >= 4 is 34.6 Å². The summed E-state index contributed by atoms with van der Waals surface area (Å²) in [6, 6.07) is 7.74. The molecule has 1 aromatic carbocycles. The molecule has 2 heterocycles. The van der Waals surface area contributed by atoms with Crippen molar-refractivity contribution in [2.45, 2.75) is 102 Å². The zero-order chi connectivity index (χ0) is 31.6. The number of alkyl carbamates (subject to hydrolysis) is 1. The predicted molar refractivity (Wildman–Crippen MR) is 165 cm³/mol. The number of rotatable bonds is 9. The van der Waals surface area contributed by atoms with Gasteiger partial charge in [0.25, 0.3) is 0 Å². The highest BCUT2D eigenvalue weighted by molar-refractivity contribution is 5.98. The number of hydrogen-bond donors (Lipinski definition) is 3. The second-order valence-electron chi connectivity index (χ2n) is 13.4. The van der Waals surface area contributed by atoms with Crippen LogP contribution >= 0.6 is 0 Å². The molecule has 2 saturated carbocycles. The smallest absolute Gasteiger partial charge is 0.408 e. The van der Waals surface area contributed by atoms with Gasteiger partial charge in [-0.25, -0.2) is 9.78 Å². The minimum absolute atomic E-state index is 0.0123. The summed E-state index contributed by atoms with van der Waals surface area (Å²) >= 11 is 0. The molecule has 44 heavy (non-hydrogen) atoms. The van der Waals surface area contributed by atoms with E-state index >= 15 is 0 Å². The molecular formula is C33H45N5O6. The Balaban J connectivity index is 1.40. The highest BCUT2D eigenvalue weighted by Crippen LogP contribution is 2.46. The molecule has 5 rings (SSSR count). The van der Waals surface area contributed by atoms with Crippen molar-refractivity contribution in [1.82, 2.24) is 25.8 Å². The van der Waals surface area contributed by atoms with Crippen LogP contribution in [0, 0.1) is 11.3 Å². The zero-order valence-electron chi connectivity index (χ0n) is 26.4. The normalized spacial score (nSPS) is 25.8. The van der Waals surface area contributed by atoms with E-state index in [9.17, 15) is 19.2 Å². The van der Waals surface area contributed by atoms with Gasteiger partial charge in [0.1, 0.15) is 29.8 Å². The van der Waals surface area contributed by atoms with Crippen LogP contribution in [0.4, 0.5) is 4.79 Å².